The van der Waals surface area contributed by atoms with E-state index in [1.165, 1.54) is 14.2 Å². The van der Waals surface area contributed by atoms with Gasteiger partial charge in [-0.1, -0.05) is 19.3 Å². The van der Waals surface area contributed by atoms with Gasteiger partial charge in [0.2, 0.25) is 0 Å². The molecule has 1 atom stereocenters. The minimum atomic E-state index is -5.16. The minimum absolute atomic E-state index is 0.185. The van der Waals surface area contributed by atoms with Gasteiger partial charge in [0.1, 0.15) is 0 Å². The number of rotatable bonds is 6. The molecule has 1 fully saturated rings. The Labute approximate surface area is 119 Å². The highest BCUT2D eigenvalue weighted by Gasteiger charge is 2.53. The van der Waals surface area contributed by atoms with Crippen LogP contribution in [0.4, 0.5) is 4.39 Å². The highest BCUT2D eigenvalue weighted by Crippen LogP contribution is 2.29. The van der Waals surface area contributed by atoms with E-state index in [4.69, 9.17) is 4.55 Å². The van der Waals surface area contributed by atoms with Crippen molar-refractivity contribution in [1.82, 2.24) is 4.90 Å². The fourth-order valence-corrected chi connectivity index (χ4v) is 3.18. The monoisotopic (exact) mass is 311 g/mol. The van der Waals surface area contributed by atoms with Crippen molar-refractivity contribution < 1.29 is 26.9 Å². The van der Waals surface area contributed by atoms with Gasteiger partial charge in [0.05, 0.1) is 6.61 Å². The fraction of sp³-hybridized carbons (Fsp3) is 0.917. The van der Waals surface area contributed by atoms with Gasteiger partial charge in [0.15, 0.2) is 0 Å². The zero-order chi connectivity index (χ0) is 15.4. The topological polar surface area (TPSA) is 83.9 Å². The van der Waals surface area contributed by atoms with Crippen LogP contribution in [0.15, 0.2) is 0 Å². The average Bonchev–Trinajstić information content (AvgIpc) is 2.42. The van der Waals surface area contributed by atoms with E-state index in [9.17, 15) is 17.6 Å². The van der Waals surface area contributed by atoms with Crippen LogP contribution in [0.3, 0.4) is 0 Å². The molecule has 0 aliphatic heterocycles. The first kappa shape index (κ1) is 17.3. The smallest absolute Gasteiger partial charge is 0.314 e. The molecule has 0 bridgehead atoms. The van der Waals surface area contributed by atoms with Crippen LogP contribution in [-0.2, 0) is 19.6 Å². The summed E-state index contributed by atoms with van der Waals surface area (Å²) in [6.07, 6.45) is 3.61. The van der Waals surface area contributed by atoms with Gasteiger partial charge in [-0.05, 0) is 12.8 Å². The lowest BCUT2D eigenvalue weighted by Gasteiger charge is -2.34. The molecule has 1 saturated carbocycles. The molecule has 0 radical (unpaired) electrons. The quantitative estimate of drug-likeness (QED) is 0.749. The number of halogens is 1. The van der Waals surface area contributed by atoms with Crippen LogP contribution < -0.4 is 0 Å². The van der Waals surface area contributed by atoms with Crippen molar-refractivity contribution >= 4 is 16.0 Å². The highest BCUT2D eigenvalue weighted by molar-refractivity contribution is 7.87. The van der Waals surface area contributed by atoms with Crippen LogP contribution in [0.25, 0.3) is 0 Å². The van der Waals surface area contributed by atoms with Crippen molar-refractivity contribution in [1.29, 1.82) is 0 Å². The summed E-state index contributed by atoms with van der Waals surface area (Å²) in [4.78, 5) is 13.3. The Kier molecular flexibility index (Phi) is 5.91. The van der Waals surface area contributed by atoms with E-state index in [2.05, 4.69) is 4.74 Å². The summed E-state index contributed by atoms with van der Waals surface area (Å²) < 4.78 is 50.8. The average molecular weight is 311 g/mol. The van der Waals surface area contributed by atoms with E-state index in [1.54, 1.807) is 0 Å². The molecule has 0 spiro atoms. The Morgan fingerprint density at radius 3 is 2.40 bits per heavy atom. The molecule has 0 aromatic rings. The molecule has 6 nitrogen and oxygen atoms in total. The van der Waals surface area contributed by atoms with Gasteiger partial charge in [0.25, 0.3) is 5.91 Å². The van der Waals surface area contributed by atoms with Crippen molar-refractivity contribution in [2.45, 2.75) is 49.6 Å². The van der Waals surface area contributed by atoms with Crippen LogP contribution in [-0.4, -0.2) is 55.6 Å². The Bertz CT molecular complexity index is 435. The molecule has 1 N–H and O–H groups in total. The van der Waals surface area contributed by atoms with Gasteiger partial charge >= 0.3 is 15.1 Å². The van der Waals surface area contributed by atoms with E-state index < -0.39 is 27.4 Å². The molecule has 1 unspecified atom stereocenters. The summed E-state index contributed by atoms with van der Waals surface area (Å²) in [5, 5.41) is -3.34. The van der Waals surface area contributed by atoms with Gasteiger partial charge in [-0.15, -0.1) is 0 Å². The van der Waals surface area contributed by atoms with Crippen molar-refractivity contribution in [2.75, 3.05) is 20.8 Å². The third-order valence-electron chi connectivity index (χ3n) is 3.80. The lowest BCUT2D eigenvalue weighted by atomic mass is 9.94. The molecule has 1 amide bonds. The first-order valence-corrected chi connectivity index (χ1v) is 8.10. The number of alkyl halides is 1. The Hall–Kier alpha value is -0.730. The SMILES string of the molecule is COCCC(F)(C(=O)N(C)C1CCCCC1)S(=O)(=O)O. The molecule has 1 aliphatic rings. The molecular formula is C12H22FNO5S. The molecule has 0 aromatic heterocycles. The van der Waals surface area contributed by atoms with Crippen LogP contribution in [0.2, 0.25) is 0 Å². The second-order valence-electron chi connectivity index (χ2n) is 5.15. The van der Waals surface area contributed by atoms with Crippen molar-refractivity contribution in [3.05, 3.63) is 0 Å². The standard InChI is InChI=1S/C12H22FNO5S/c1-14(10-6-4-3-5-7-10)11(15)12(13,8-9-19-2)20(16,17)18/h10H,3-9H2,1-2H3,(H,16,17,18). The lowest BCUT2D eigenvalue weighted by Crippen LogP contribution is -2.53. The minimum Gasteiger partial charge on any atom is -0.385 e. The normalized spacial score (nSPS) is 20.4. The third kappa shape index (κ3) is 3.67. The van der Waals surface area contributed by atoms with Crippen LogP contribution >= 0.6 is 0 Å². The van der Waals surface area contributed by atoms with Gasteiger partial charge in [-0.25, -0.2) is 4.39 Å². The number of carbonyl (C=O) groups excluding carboxylic acids is 1. The van der Waals surface area contributed by atoms with Gasteiger partial charge < -0.3 is 9.64 Å². The van der Waals surface area contributed by atoms with Gasteiger partial charge in [0, 0.05) is 26.6 Å². The zero-order valence-corrected chi connectivity index (χ0v) is 12.7. The molecule has 20 heavy (non-hydrogen) atoms. The third-order valence-corrected chi connectivity index (χ3v) is 5.00. The van der Waals surface area contributed by atoms with Crippen molar-refractivity contribution in [3.63, 3.8) is 0 Å². The van der Waals surface area contributed by atoms with Gasteiger partial charge in [-0.2, -0.15) is 8.42 Å². The van der Waals surface area contributed by atoms with E-state index in [0.717, 1.165) is 24.2 Å². The van der Waals surface area contributed by atoms with Crippen LogP contribution in [0.1, 0.15) is 38.5 Å². The molecule has 1 aliphatic carbocycles. The number of methoxy groups -OCH3 is 1. The number of hydrogen-bond donors (Lipinski definition) is 1. The maximum absolute atomic E-state index is 14.6. The molecule has 0 heterocycles. The fourth-order valence-electron chi connectivity index (χ4n) is 2.48. The molecule has 0 saturated heterocycles. The van der Waals surface area contributed by atoms with Gasteiger partial charge in [-0.3, -0.25) is 9.35 Å². The van der Waals surface area contributed by atoms with Crippen molar-refractivity contribution in [3.8, 4) is 0 Å². The van der Waals surface area contributed by atoms with E-state index in [0.29, 0.717) is 12.8 Å². The predicted octanol–water partition coefficient (Wildman–Crippen LogP) is 1.37. The molecule has 0 aromatic carbocycles. The summed E-state index contributed by atoms with van der Waals surface area (Å²) >= 11 is 0. The summed E-state index contributed by atoms with van der Waals surface area (Å²) in [7, 11) is -2.51. The first-order chi connectivity index (χ1) is 9.24. The Morgan fingerprint density at radius 1 is 1.40 bits per heavy atom. The van der Waals surface area contributed by atoms with E-state index >= 15 is 0 Å². The Balaban J connectivity index is 2.92. The molecular weight excluding hydrogens is 289 g/mol. The maximum Gasteiger partial charge on any atom is 0.314 e. The lowest BCUT2D eigenvalue weighted by molar-refractivity contribution is -0.141. The number of ether oxygens (including phenoxy) is 1. The Morgan fingerprint density at radius 2 is 1.95 bits per heavy atom. The van der Waals surface area contributed by atoms with E-state index in [-0.39, 0.29) is 12.6 Å². The number of nitrogens with zero attached hydrogens (tertiary/aromatic N) is 1. The summed E-state index contributed by atoms with van der Waals surface area (Å²) in [5.74, 6) is -1.22. The second kappa shape index (κ2) is 6.82. The zero-order valence-electron chi connectivity index (χ0n) is 11.8. The first-order valence-electron chi connectivity index (χ1n) is 6.66. The predicted molar refractivity (Wildman–Crippen MR) is 71.5 cm³/mol. The molecule has 118 valence electrons. The number of hydrogen-bond acceptors (Lipinski definition) is 4. The highest BCUT2D eigenvalue weighted by atomic mass is 32.2. The van der Waals surface area contributed by atoms with Crippen LogP contribution in [0.5, 0.6) is 0 Å². The second-order valence-corrected chi connectivity index (χ2v) is 6.75. The molecule has 8 heteroatoms. The number of amides is 1. The largest absolute Gasteiger partial charge is 0.385 e. The number of carbonyl (C=O) groups is 1. The van der Waals surface area contributed by atoms with Crippen molar-refractivity contribution in [2.24, 2.45) is 0 Å². The van der Waals surface area contributed by atoms with Crippen LogP contribution in [0, 0.1) is 0 Å². The molecule has 1 rings (SSSR count). The summed E-state index contributed by atoms with van der Waals surface area (Å²) in [5.41, 5.74) is 0. The summed E-state index contributed by atoms with van der Waals surface area (Å²) in [6.45, 7) is -0.277. The maximum atomic E-state index is 14.6. The summed E-state index contributed by atoms with van der Waals surface area (Å²) in [6, 6.07) is -0.185. The van der Waals surface area contributed by atoms with E-state index in [1.807, 2.05) is 0 Å².